The van der Waals surface area contributed by atoms with E-state index in [1.807, 2.05) is 9.88 Å². The molecule has 5 nitrogen and oxygen atoms in total. The van der Waals surface area contributed by atoms with Crippen LogP contribution in [0, 0.1) is 5.82 Å². The van der Waals surface area contributed by atoms with Crippen molar-refractivity contribution >= 4 is 10.9 Å². The second-order valence-corrected chi connectivity index (χ2v) is 6.30. The van der Waals surface area contributed by atoms with E-state index in [1.54, 1.807) is 12.3 Å². The third kappa shape index (κ3) is 2.98. The van der Waals surface area contributed by atoms with Gasteiger partial charge in [-0.1, -0.05) is 0 Å². The summed E-state index contributed by atoms with van der Waals surface area (Å²) >= 11 is 0. The van der Waals surface area contributed by atoms with Crippen LogP contribution >= 0.6 is 0 Å². The number of benzene rings is 1. The van der Waals surface area contributed by atoms with Crippen LogP contribution in [0.4, 0.5) is 17.6 Å². The lowest BCUT2D eigenvalue weighted by Crippen LogP contribution is -2.36. The Hall–Kier alpha value is -2.68. The predicted molar refractivity (Wildman–Crippen MR) is 85.9 cm³/mol. The fourth-order valence-corrected chi connectivity index (χ4v) is 3.29. The third-order valence-corrected chi connectivity index (χ3v) is 4.54. The van der Waals surface area contributed by atoms with Crippen molar-refractivity contribution in [2.75, 3.05) is 6.54 Å². The molecule has 3 heterocycles. The van der Waals surface area contributed by atoms with Crippen molar-refractivity contribution in [3.05, 3.63) is 63.2 Å². The van der Waals surface area contributed by atoms with E-state index in [4.69, 9.17) is 0 Å². The maximum absolute atomic E-state index is 13.5. The van der Waals surface area contributed by atoms with Crippen LogP contribution < -0.4 is 5.56 Å². The highest BCUT2D eigenvalue weighted by molar-refractivity contribution is 5.83. The van der Waals surface area contributed by atoms with E-state index >= 15 is 0 Å². The number of hydrogen-bond acceptors (Lipinski definition) is 3. The van der Waals surface area contributed by atoms with E-state index in [0.29, 0.717) is 25.1 Å². The quantitative estimate of drug-likeness (QED) is 0.686. The summed E-state index contributed by atoms with van der Waals surface area (Å²) in [7, 11) is 0. The van der Waals surface area contributed by atoms with Crippen LogP contribution in [0.1, 0.15) is 22.6 Å². The van der Waals surface area contributed by atoms with Crippen LogP contribution in [0.15, 0.2) is 29.2 Å². The van der Waals surface area contributed by atoms with Gasteiger partial charge in [0.1, 0.15) is 5.82 Å². The van der Waals surface area contributed by atoms with Crippen LogP contribution in [0.25, 0.3) is 10.9 Å². The van der Waals surface area contributed by atoms with Gasteiger partial charge in [0, 0.05) is 42.3 Å². The second-order valence-electron chi connectivity index (χ2n) is 6.30. The van der Waals surface area contributed by atoms with Crippen molar-refractivity contribution in [1.29, 1.82) is 0 Å². The number of halogens is 4. The Labute approximate surface area is 144 Å². The molecule has 9 heteroatoms. The maximum Gasteiger partial charge on any atom is 0.449 e. The third-order valence-electron chi connectivity index (χ3n) is 4.54. The Kier molecular flexibility index (Phi) is 3.83. The molecule has 26 heavy (non-hydrogen) atoms. The summed E-state index contributed by atoms with van der Waals surface area (Å²) in [5.41, 5.74) is 1.31. The average Bonchev–Trinajstić information content (AvgIpc) is 2.96. The molecule has 0 fully saturated rings. The monoisotopic (exact) mass is 366 g/mol. The van der Waals surface area contributed by atoms with Gasteiger partial charge in [0.05, 0.1) is 5.69 Å². The smallest absolute Gasteiger partial charge is 0.361 e. The Morgan fingerprint density at radius 1 is 1.27 bits per heavy atom. The fraction of sp³-hybridized carbons (Fsp3) is 0.294. The summed E-state index contributed by atoms with van der Waals surface area (Å²) in [5.74, 6) is -1.64. The van der Waals surface area contributed by atoms with Crippen molar-refractivity contribution in [2.45, 2.75) is 25.7 Å². The van der Waals surface area contributed by atoms with E-state index in [1.165, 1.54) is 12.1 Å². The zero-order valence-electron chi connectivity index (χ0n) is 13.5. The first-order valence-electron chi connectivity index (χ1n) is 7.98. The van der Waals surface area contributed by atoms with E-state index < -0.39 is 17.6 Å². The number of alkyl halides is 3. The molecule has 1 aromatic carbocycles. The highest BCUT2D eigenvalue weighted by Crippen LogP contribution is 2.27. The van der Waals surface area contributed by atoms with Gasteiger partial charge >= 0.3 is 6.18 Å². The van der Waals surface area contributed by atoms with Crippen molar-refractivity contribution in [3.8, 4) is 0 Å². The molecule has 0 atom stereocenters. The maximum atomic E-state index is 13.5. The molecule has 4 rings (SSSR count). The topological polar surface area (TPSA) is 64.8 Å². The number of rotatable bonds is 2. The molecular weight excluding hydrogens is 352 g/mol. The minimum absolute atomic E-state index is 0.129. The summed E-state index contributed by atoms with van der Waals surface area (Å²) in [5, 5.41) is 0.727. The first-order valence-corrected chi connectivity index (χ1v) is 7.98. The van der Waals surface area contributed by atoms with Gasteiger partial charge in [0.15, 0.2) is 0 Å². The summed E-state index contributed by atoms with van der Waals surface area (Å²) in [4.78, 5) is 22.3. The van der Waals surface area contributed by atoms with Crippen LogP contribution in [0.2, 0.25) is 0 Å². The fourth-order valence-electron chi connectivity index (χ4n) is 3.29. The molecule has 0 saturated heterocycles. The normalized spacial score (nSPS) is 15.4. The Morgan fingerprint density at radius 3 is 2.85 bits per heavy atom. The molecule has 136 valence electrons. The average molecular weight is 366 g/mol. The van der Waals surface area contributed by atoms with E-state index in [2.05, 4.69) is 9.97 Å². The molecule has 2 aromatic heterocycles. The minimum Gasteiger partial charge on any atom is -0.361 e. The van der Waals surface area contributed by atoms with Gasteiger partial charge in [0.25, 0.3) is 5.56 Å². The largest absolute Gasteiger partial charge is 0.449 e. The molecule has 2 N–H and O–H groups in total. The molecular formula is C17H14F4N4O. The van der Waals surface area contributed by atoms with Crippen molar-refractivity contribution in [1.82, 2.24) is 19.9 Å². The highest BCUT2D eigenvalue weighted by atomic mass is 19.4. The molecule has 0 amide bonds. The number of nitrogens with zero attached hydrogens (tertiary/aromatic N) is 2. The molecule has 0 spiro atoms. The van der Waals surface area contributed by atoms with Crippen LogP contribution in [0.3, 0.4) is 0 Å². The molecule has 0 bridgehead atoms. The van der Waals surface area contributed by atoms with Gasteiger partial charge in [-0.05, 0) is 30.2 Å². The zero-order valence-corrected chi connectivity index (χ0v) is 13.5. The number of fused-ring (bicyclic) bond motifs is 2. The van der Waals surface area contributed by atoms with Crippen LogP contribution in [-0.4, -0.2) is 26.4 Å². The van der Waals surface area contributed by atoms with E-state index in [-0.39, 0.29) is 18.1 Å². The minimum atomic E-state index is -4.70. The Balaban J connectivity index is 1.63. The van der Waals surface area contributed by atoms with Crippen LogP contribution in [0.5, 0.6) is 0 Å². The van der Waals surface area contributed by atoms with Gasteiger partial charge < -0.3 is 9.97 Å². The Bertz CT molecular complexity index is 1040. The van der Waals surface area contributed by atoms with Crippen LogP contribution in [-0.2, 0) is 25.7 Å². The van der Waals surface area contributed by atoms with E-state index in [0.717, 1.165) is 16.5 Å². The van der Waals surface area contributed by atoms with E-state index in [9.17, 15) is 22.4 Å². The predicted octanol–water partition coefficient (Wildman–Crippen LogP) is 2.97. The van der Waals surface area contributed by atoms with Crippen molar-refractivity contribution in [3.63, 3.8) is 0 Å². The van der Waals surface area contributed by atoms with Crippen molar-refractivity contribution in [2.24, 2.45) is 0 Å². The number of nitrogens with one attached hydrogen (secondary N) is 2. The lowest BCUT2D eigenvalue weighted by Gasteiger charge is -2.27. The lowest BCUT2D eigenvalue weighted by atomic mass is 10.1. The summed E-state index contributed by atoms with van der Waals surface area (Å²) in [6, 6.07) is 4.41. The van der Waals surface area contributed by atoms with Gasteiger partial charge in [-0.25, -0.2) is 9.37 Å². The molecule has 0 saturated carbocycles. The molecule has 0 unspecified atom stereocenters. The van der Waals surface area contributed by atoms with Gasteiger partial charge in [0.2, 0.25) is 5.82 Å². The number of aromatic nitrogens is 3. The van der Waals surface area contributed by atoms with Gasteiger partial charge in [-0.3, -0.25) is 9.69 Å². The number of hydrogen-bond donors (Lipinski definition) is 2. The van der Waals surface area contributed by atoms with Gasteiger partial charge in [-0.2, -0.15) is 13.2 Å². The SMILES string of the molecule is O=c1[nH]c(C(F)(F)F)nc2c1CCN(Cc1c[nH]c3ccc(F)cc13)C2. The highest BCUT2D eigenvalue weighted by Gasteiger charge is 2.36. The first kappa shape index (κ1) is 16.8. The summed E-state index contributed by atoms with van der Waals surface area (Å²) < 4.78 is 52.1. The number of H-pyrrole nitrogens is 2. The Morgan fingerprint density at radius 2 is 2.08 bits per heavy atom. The molecule has 0 aliphatic carbocycles. The standard InChI is InChI=1S/C17H14F4N4O/c18-10-1-2-13-12(5-10)9(6-22-13)7-25-4-3-11-14(8-25)23-16(17(19,20)21)24-15(11)26/h1-2,5-6,22H,3-4,7-8H2,(H,23,24,26). The summed E-state index contributed by atoms with van der Waals surface area (Å²) in [6.45, 7) is 1.05. The first-order chi connectivity index (χ1) is 12.3. The van der Waals surface area contributed by atoms with Crippen molar-refractivity contribution < 1.29 is 17.6 Å². The number of aromatic amines is 2. The summed E-state index contributed by atoms with van der Waals surface area (Å²) in [6.07, 6.45) is -2.64. The zero-order chi connectivity index (χ0) is 18.5. The second kappa shape index (κ2) is 5.94. The van der Waals surface area contributed by atoms with Gasteiger partial charge in [-0.15, -0.1) is 0 Å². The molecule has 1 aliphatic heterocycles. The molecule has 3 aromatic rings. The molecule has 1 aliphatic rings. The lowest BCUT2D eigenvalue weighted by molar-refractivity contribution is -0.145. The molecule has 0 radical (unpaired) electrons.